The van der Waals surface area contributed by atoms with Gasteiger partial charge >= 0.3 is 5.97 Å². The second kappa shape index (κ2) is 7.41. The van der Waals surface area contributed by atoms with Gasteiger partial charge in [-0.1, -0.05) is 29.3 Å². The highest BCUT2D eigenvalue weighted by molar-refractivity contribution is 7.91. The molecule has 2 aromatic carbocycles. The zero-order valence-corrected chi connectivity index (χ0v) is 16.2. The third-order valence-electron chi connectivity index (χ3n) is 4.94. The van der Waals surface area contributed by atoms with Crippen LogP contribution in [0, 0.1) is 0 Å². The van der Waals surface area contributed by atoms with Crippen molar-refractivity contribution in [3.05, 3.63) is 70.8 Å². The lowest BCUT2D eigenvalue weighted by Gasteiger charge is -2.26. The molecule has 1 fully saturated rings. The molecule has 1 saturated heterocycles. The van der Waals surface area contributed by atoms with Gasteiger partial charge < -0.3 is 4.84 Å². The van der Waals surface area contributed by atoms with E-state index in [1.54, 1.807) is 24.3 Å². The standard InChI is InChI=1S/C20H18N2O6S/c23-18-16-6-1-2-7-17(16)19(24)22(18)28-20(25)15-5-3-4-14(12-15)13-21-8-10-29(26,27)11-9-21/h1-7,12H,8-11,13H2. The van der Waals surface area contributed by atoms with E-state index >= 15 is 0 Å². The third-order valence-corrected chi connectivity index (χ3v) is 6.55. The van der Waals surface area contributed by atoms with Crippen LogP contribution in [-0.2, 0) is 21.2 Å². The maximum atomic E-state index is 12.5. The number of hydroxylamine groups is 2. The summed E-state index contributed by atoms with van der Waals surface area (Å²) in [5.74, 6) is -1.93. The van der Waals surface area contributed by atoms with Gasteiger partial charge in [0, 0.05) is 19.6 Å². The Balaban J connectivity index is 1.44. The molecular formula is C20H18N2O6S. The highest BCUT2D eigenvalue weighted by atomic mass is 32.2. The van der Waals surface area contributed by atoms with Crippen molar-refractivity contribution in [3.8, 4) is 0 Å². The summed E-state index contributed by atoms with van der Waals surface area (Å²) < 4.78 is 23.1. The highest BCUT2D eigenvalue weighted by Gasteiger charge is 2.38. The number of nitrogens with zero attached hydrogens (tertiary/aromatic N) is 2. The normalized spacial score (nSPS) is 18.6. The van der Waals surface area contributed by atoms with Crippen LogP contribution in [0.3, 0.4) is 0 Å². The average molecular weight is 414 g/mol. The first-order valence-electron chi connectivity index (χ1n) is 9.06. The van der Waals surface area contributed by atoms with E-state index < -0.39 is 27.6 Å². The number of hydrogen-bond donors (Lipinski definition) is 0. The van der Waals surface area contributed by atoms with E-state index in [9.17, 15) is 22.8 Å². The van der Waals surface area contributed by atoms with Crippen molar-refractivity contribution in [2.75, 3.05) is 24.6 Å². The van der Waals surface area contributed by atoms with Crippen LogP contribution >= 0.6 is 0 Å². The SMILES string of the molecule is O=C(ON1C(=O)c2ccccc2C1=O)c1cccc(CN2CCS(=O)(=O)CC2)c1. The first kappa shape index (κ1) is 19.3. The Labute approximate surface area is 167 Å². The molecule has 29 heavy (non-hydrogen) atoms. The zero-order valence-electron chi connectivity index (χ0n) is 15.4. The molecule has 0 spiro atoms. The van der Waals surface area contributed by atoms with Crippen LogP contribution in [0.2, 0.25) is 0 Å². The van der Waals surface area contributed by atoms with Crippen LogP contribution < -0.4 is 0 Å². The molecule has 0 aromatic heterocycles. The van der Waals surface area contributed by atoms with Gasteiger partial charge in [0.15, 0.2) is 9.84 Å². The fourth-order valence-electron chi connectivity index (χ4n) is 3.35. The summed E-state index contributed by atoms with van der Waals surface area (Å²) in [4.78, 5) is 44.2. The van der Waals surface area contributed by atoms with Crippen molar-refractivity contribution in [3.63, 3.8) is 0 Å². The maximum Gasteiger partial charge on any atom is 0.363 e. The minimum atomic E-state index is -2.96. The number of carbonyl (C=O) groups excluding carboxylic acids is 3. The quantitative estimate of drug-likeness (QED) is 0.695. The van der Waals surface area contributed by atoms with Crippen molar-refractivity contribution in [1.82, 2.24) is 9.96 Å². The number of imide groups is 1. The van der Waals surface area contributed by atoms with Crippen molar-refractivity contribution < 1.29 is 27.6 Å². The van der Waals surface area contributed by atoms with Gasteiger partial charge in [0.05, 0.1) is 28.2 Å². The number of benzene rings is 2. The average Bonchev–Trinajstić information content (AvgIpc) is 2.95. The van der Waals surface area contributed by atoms with Gasteiger partial charge in [-0.15, -0.1) is 0 Å². The minimum Gasteiger partial charge on any atom is -0.324 e. The highest BCUT2D eigenvalue weighted by Crippen LogP contribution is 2.23. The van der Waals surface area contributed by atoms with Gasteiger partial charge in [0.2, 0.25) is 0 Å². The van der Waals surface area contributed by atoms with Gasteiger partial charge in [-0.3, -0.25) is 14.5 Å². The van der Waals surface area contributed by atoms with Crippen LogP contribution in [-0.4, -0.2) is 60.8 Å². The second-order valence-electron chi connectivity index (χ2n) is 6.96. The summed E-state index contributed by atoms with van der Waals surface area (Å²) >= 11 is 0. The van der Waals surface area contributed by atoms with Crippen molar-refractivity contribution in [2.24, 2.45) is 0 Å². The predicted molar refractivity (Wildman–Crippen MR) is 103 cm³/mol. The van der Waals surface area contributed by atoms with Crippen LogP contribution in [0.5, 0.6) is 0 Å². The molecule has 2 amide bonds. The molecule has 0 saturated carbocycles. The predicted octanol–water partition coefficient (Wildman–Crippen LogP) is 1.29. The van der Waals surface area contributed by atoms with Crippen LogP contribution in [0.25, 0.3) is 0 Å². The summed E-state index contributed by atoms with van der Waals surface area (Å²) in [5.41, 5.74) is 1.39. The molecule has 8 nitrogen and oxygen atoms in total. The summed E-state index contributed by atoms with van der Waals surface area (Å²) in [6.45, 7) is 1.36. The second-order valence-corrected chi connectivity index (χ2v) is 9.26. The maximum absolute atomic E-state index is 12.5. The molecule has 0 aliphatic carbocycles. The summed E-state index contributed by atoms with van der Waals surface area (Å²) in [6.07, 6.45) is 0. The van der Waals surface area contributed by atoms with Crippen molar-refractivity contribution >= 4 is 27.6 Å². The summed E-state index contributed by atoms with van der Waals surface area (Å²) in [5, 5.41) is 0.481. The Morgan fingerprint density at radius 2 is 1.55 bits per heavy atom. The van der Waals surface area contributed by atoms with E-state index in [-0.39, 0.29) is 28.2 Å². The number of fused-ring (bicyclic) bond motifs is 1. The Hall–Kier alpha value is -3.04. The first-order valence-corrected chi connectivity index (χ1v) is 10.9. The van der Waals surface area contributed by atoms with Gasteiger partial charge in [0.25, 0.3) is 11.8 Å². The number of sulfone groups is 1. The van der Waals surface area contributed by atoms with Gasteiger partial charge in [-0.2, -0.15) is 0 Å². The zero-order chi connectivity index (χ0) is 20.6. The largest absolute Gasteiger partial charge is 0.363 e. The molecule has 2 aliphatic heterocycles. The van der Waals surface area contributed by atoms with E-state index in [4.69, 9.17) is 4.84 Å². The van der Waals surface area contributed by atoms with E-state index in [2.05, 4.69) is 0 Å². The molecule has 0 radical (unpaired) electrons. The smallest absolute Gasteiger partial charge is 0.324 e. The molecule has 0 bridgehead atoms. The molecule has 150 valence electrons. The van der Waals surface area contributed by atoms with Crippen molar-refractivity contribution in [1.29, 1.82) is 0 Å². The Morgan fingerprint density at radius 1 is 0.931 bits per heavy atom. The molecule has 2 aliphatic rings. The molecule has 0 atom stereocenters. The molecule has 0 N–H and O–H groups in total. The van der Waals surface area contributed by atoms with Crippen LogP contribution in [0.15, 0.2) is 48.5 Å². The molecular weight excluding hydrogens is 396 g/mol. The van der Waals surface area contributed by atoms with E-state index in [1.165, 1.54) is 18.2 Å². The van der Waals surface area contributed by atoms with Gasteiger partial charge in [0.1, 0.15) is 0 Å². The topological polar surface area (TPSA) is 101 Å². The molecule has 0 unspecified atom stereocenters. The molecule has 2 aromatic rings. The fourth-order valence-corrected chi connectivity index (χ4v) is 4.63. The van der Waals surface area contributed by atoms with Gasteiger partial charge in [-0.25, -0.2) is 13.2 Å². The lowest BCUT2D eigenvalue weighted by molar-refractivity contribution is -0.0584. The molecule has 9 heteroatoms. The molecule has 4 rings (SSSR count). The lowest BCUT2D eigenvalue weighted by atomic mass is 10.1. The Kier molecular flexibility index (Phi) is 4.93. The van der Waals surface area contributed by atoms with E-state index in [0.29, 0.717) is 24.7 Å². The number of amides is 2. The van der Waals surface area contributed by atoms with Crippen molar-refractivity contribution in [2.45, 2.75) is 6.54 Å². The Bertz CT molecular complexity index is 1060. The van der Waals surface area contributed by atoms with Crippen LogP contribution in [0.4, 0.5) is 0 Å². The van der Waals surface area contributed by atoms with Crippen LogP contribution in [0.1, 0.15) is 36.6 Å². The minimum absolute atomic E-state index is 0.120. The first-order chi connectivity index (χ1) is 13.8. The number of hydrogen-bond acceptors (Lipinski definition) is 7. The lowest BCUT2D eigenvalue weighted by Crippen LogP contribution is -2.39. The molecule has 2 heterocycles. The summed E-state index contributed by atoms with van der Waals surface area (Å²) in [7, 11) is -2.96. The number of carbonyl (C=O) groups is 3. The Morgan fingerprint density at radius 3 is 2.17 bits per heavy atom. The van der Waals surface area contributed by atoms with E-state index in [1.807, 2.05) is 11.0 Å². The third kappa shape index (κ3) is 3.92. The fraction of sp³-hybridized carbons (Fsp3) is 0.250. The monoisotopic (exact) mass is 414 g/mol. The van der Waals surface area contributed by atoms with Gasteiger partial charge in [-0.05, 0) is 29.8 Å². The summed E-state index contributed by atoms with van der Waals surface area (Å²) in [6, 6.07) is 12.9. The number of rotatable bonds is 4. The van der Waals surface area contributed by atoms with E-state index in [0.717, 1.165) is 5.56 Å².